The van der Waals surface area contributed by atoms with Crippen LogP contribution in [0.3, 0.4) is 0 Å². The molecule has 0 heterocycles. The highest BCUT2D eigenvalue weighted by Gasteiger charge is 2.10. The number of hydrogen-bond acceptors (Lipinski definition) is 3. The lowest BCUT2D eigenvalue weighted by Gasteiger charge is -2.16. The Morgan fingerprint density at radius 2 is 2.00 bits per heavy atom. The Morgan fingerprint density at radius 1 is 1.29 bits per heavy atom. The average Bonchev–Trinajstić information content (AvgIpc) is 2.17. The number of methoxy groups -OCH3 is 1. The number of nitrogens with one attached hydrogen (secondary N) is 1. The van der Waals surface area contributed by atoms with E-state index in [1.807, 2.05) is 26.0 Å². The molecule has 0 spiro atoms. The molecule has 0 aliphatic heterocycles. The van der Waals surface area contributed by atoms with E-state index in [9.17, 15) is 0 Å². The third-order valence-corrected chi connectivity index (χ3v) is 2.15. The van der Waals surface area contributed by atoms with Crippen LogP contribution in [0.2, 0.25) is 0 Å². The minimum absolute atomic E-state index is 0.121. The van der Waals surface area contributed by atoms with Gasteiger partial charge in [-0.25, -0.2) is 0 Å². The van der Waals surface area contributed by atoms with Crippen LogP contribution in [0.5, 0.6) is 5.75 Å². The first kappa shape index (κ1) is 11.0. The van der Waals surface area contributed by atoms with Crippen molar-refractivity contribution < 1.29 is 9.57 Å². The van der Waals surface area contributed by atoms with Gasteiger partial charge in [0.1, 0.15) is 5.75 Å². The smallest absolute Gasteiger partial charge is 0.123 e. The Hall–Kier alpha value is -1.06. The van der Waals surface area contributed by atoms with Gasteiger partial charge in [0, 0.05) is 5.56 Å². The van der Waals surface area contributed by atoms with Crippen molar-refractivity contribution in [2.45, 2.75) is 19.9 Å². The van der Waals surface area contributed by atoms with E-state index in [1.54, 1.807) is 14.2 Å². The Kier molecular flexibility index (Phi) is 3.92. The minimum atomic E-state index is 0.121. The van der Waals surface area contributed by atoms with E-state index in [-0.39, 0.29) is 6.04 Å². The fourth-order valence-electron chi connectivity index (χ4n) is 1.42. The standard InChI is InChI=1S/C11H17NO2/c1-8-5-6-10(9(2)12-14-4)11(7-8)13-3/h5-7,9,12H,1-4H3. The monoisotopic (exact) mass is 195 g/mol. The van der Waals surface area contributed by atoms with E-state index in [0.29, 0.717) is 0 Å². The largest absolute Gasteiger partial charge is 0.496 e. The van der Waals surface area contributed by atoms with Gasteiger partial charge in [0.2, 0.25) is 0 Å². The third-order valence-electron chi connectivity index (χ3n) is 2.15. The summed E-state index contributed by atoms with van der Waals surface area (Å²) in [5.41, 5.74) is 5.16. The summed E-state index contributed by atoms with van der Waals surface area (Å²) in [5.74, 6) is 0.891. The lowest BCUT2D eigenvalue weighted by atomic mass is 10.1. The van der Waals surface area contributed by atoms with Crippen LogP contribution in [-0.2, 0) is 4.84 Å². The van der Waals surface area contributed by atoms with E-state index in [2.05, 4.69) is 11.5 Å². The van der Waals surface area contributed by atoms with Crippen molar-refractivity contribution in [2.75, 3.05) is 14.2 Å². The summed E-state index contributed by atoms with van der Waals surface area (Å²) in [4.78, 5) is 4.88. The maximum Gasteiger partial charge on any atom is 0.123 e. The van der Waals surface area contributed by atoms with Gasteiger partial charge in [0.25, 0.3) is 0 Å². The van der Waals surface area contributed by atoms with Crippen molar-refractivity contribution in [3.8, 4) is 5.75 Å². The van der Waals surface area contributed by atoms with E-state index in [1.165, 1.54) is 5.56 Å². The Balaban J connectivity index is 2.95. The van der Waals surface area contributed by atoms with Gasteiger partial charge in [-0.15, -0.1) is 0 Å². The van der Waals surface area contributed by atoms with Crippen LogP contribution in [0.4, 0.5) is 0 Å². The maximum absolute atomic E-state index is 5.30. The van der Waals surface area contributed by atoms with E-state index in [4.69, 9.17) is 9.57 Å². The molecular weight excluding hydrogens is 178 g/mol. The van der Waals surface area contributed by atoms with Crippen LogP contribution in [0.25, 0.3) is 0 Å². The van der Waals surface area contributed by atoms with Crippen LogP contribution in [0.1, 0.15) is 24.1 Å². The fraction of sp³-hybridized carbons (Fsp3) is 0.455. The summed E-state index contributed by atoms with van der Waals surface area (Å²) in [5, 5.41) is 0. The highest BCUT2D eigenvalue weighted by molar-refractivity contribution is 5.38. The highest BCUT2D eigenvalue weighted by Crippen LogP contribution is 2.25. The van der Waals surface area contributed by atoms with Gasteiger partial charge in [-0.3, -0.25) is 0 Å². The molecule has 1 atom stereocenters. The van der Waals surface area contributed by atoms with Gasteiger partial charge in [0.15, 0.2) is 0 Å². The zero-order valence-corrected chi connectivity index (χ0v) is 9.13. The maximum atomic E-state index is 5.30. The predicted molar refractivity (Wildman–Crippen MR) is 56.3 cm³/mol. The van der Waals surface area contributed by atoms with Crippen LogP contribution in [0, 0.1) is 6.92 Å². The van der Waals surface area contributed by atoms with Crippen LogP contribution >= 0.6 is 0 Å². The molecule has 0 aliphatic carbocycles. The van der Waals surface area contributed by atoms with E-state index in [0.717, 1.165) is 11.3 Å². The SMILES string of the molecule is CONC(C)c1ccc(C)cc1OC. The number of rotatable bonds is 4. The number of ether oxygens (including phenoxy) is 1. The first-order chi connectivity index (χ1) is 6.69. The normalized spacial score (nSPS) is 12.6. The molecule has 0 amide bonds. The number of aryl methyl sites for hydroxylation is 1. The highest BCUT2D eigenvalue weighted by atomic mass is 16.6. The van der Waals surface area contributed by atoms with Crippen molar-refractivity contribution in [2.24, 2.45) is 0 Å². The first-order valence-corrected chi connectivity index (χ1v) is 4.62. The molecule has 1 unspecified atom stereocenters. The van der Waals surface area contributed by atoms with Crippen molar-refractivity contribution in [1.82, 2.24) is 5.48 Å². The fourth-order valence-corrected chi connectivity index (χ4v) is 1.42. The zero-order chi connectivity index (χ0) is 10.6. The summed E-state index contributed by atoms with van der Waals surface area (Å²) in [6.45, 7) is 4.07. The lowest BCUT2D eigenvalue weighted by molar-refractivity contribution is 0.0651. The molecule has 0 radical (unpaired) electrons. The van der Waals surface area contributed by atoms with Crippen molar-refractivity contribution >= 4 is 0 Å². The quantitative estimate of drug-likeness (QED) is 0.747. The second kappa shape index (κ2) is 4.98. The van der Waals surface area contributed by atoms with Crippen LogP contribution in [-0.4, -0.2) is 14.2 Å². The molecule has 0 saturated carbocycles. The molecule has 14 heavy (non-hydrogen) atoms. The zero-order valence-electron chi connectivity index (χ0n) is 9.13. The van der Waals surface area contributed by atoms with Crippen LogP contribution in [0.15, 0.2) is 18.2 Å². The van der Waals surface area contributed by atoms with Crippen molar-refractivity contribution in [1.29, 1.82) is 0 Å². The molecule has 0 bridgehead atoms. The van der Waals surface area contributed by atoms with Gasteiger partial charge in [-0.2, -0.15) is 5.48 Å². The lowest BCUT2D eigenvalue weighted by Crippen LogP contribution is -2.17. The van der Waals surface area contributed by atoms with Gasteiger partial charge in [-0.1, -0.05) is 12.1 Å². The van der Waals surface area contributed by atoms with Crippen molar-refractivity contribution in [3.05, 3.63) is 29.3 Å². The molecule has 1 aromatic rings. The molecule has 1 N–H and O–H groups in total. The van der Waals surface area contributed by atoms with Gasteiger partial charge >= 0.3 is 0 Å². The summed E-state index contributed by atoms with van der Waals surface area (Å²) in [6.07, 6.45) is 0. The van der Waals surface area contributed by atoms with Gasteiger partial charge in [-0.05, 0) is 25.5 Å². The van der Waals surface area contributed by atoms with E-state index >= 15 is 0 Å². The third kappa shape index (κ3) is 2.47. The Labute approximate surface area is 85.0 Å². The summed E-state index contributed by atoms with van der Waals surface area (Å²) < 4.78 is 5.30. The van der Waals surface area contributed by atoms with Gasteiger partial charge < -0.3 is 9.57 Å². The molecule has 0 aliphatic rings. The van der Waals surface area contributed by atoms with Gasteiger partial charge in [0.05, 0.1) is 20.3 Å². The molecule has 0 saturated heterocycles. The molecule has 3 nitrogen and oxygen atoms in total. The topological polar surface area (TPSA) is 30.5 Å². The summed E-state index contributed by atoms with van der Waals surface area (Å²) in [6, 6.07) is 6.25. The van der Waals surface area contributed by atoms with Crippen LogP contribution < -0.4 is 10.2 Å². The number of hydrogen-bond donors (Lipinski definition) is 1. The molecule has 1 aromatic carbocycles. The number of hydroxylamine groups is 1. The molecule has 0 fully saturated rings. The summed E-state index contributed by atoms with van der Waals surface area (Å²) >= 11 is 0. The van der Waals surface area contributed by atoms with E-state index < -0.39 is 0 Å². The first-order valence-electron chi connectivity index (χ1n) is 4.62. The molecule has 0 aromatic heterocycles. The molecule has 1 rings (SSSR count). The molecule has 78 valence electrons. The second-order valence-corrected chi connectivity index (χ2v) is 3.29. The molecular formula is C11H17NO2. The molecule has 3 heteroatoms. The summed E-state index contributed by atoms with van der Waals surface area (Å²) in [7, 11) is 3.29. The Bertz CT molecular complexity index is 299. The number of benzene rings is 1. The average molecular weight is 195 g/mol. The van der Waals surface area contributed by atoms with Crippen molar-refractivity contribution in [3.63, 3.8) is 0 Å². The Morgan fingerprint density at radius 3 is 2.57 bits per heavy atom. The second-order valence-electron chi connectivity index (χ2n) is 3.29. The minimum Gasteiger partial charge on any atom is -0.496 e. The predicted octanol–water partition coefficient (Wildman–Crippen LogP) is 2.22.